The number of nitrogens with zero attached hydrogens (tertiary/aromatic N) is 2. The Labute approximate surface area is 161 Å². The third-order valence-corrected chi connectivity index (χ3v) is 4.74. The second-order valence-electron chi connectivity index (χ2n) is 5.39. The maximum absolute atomic E-state index is 12.6. The Hall–Kier alpha value is -3.06. The highest BCUT2D eigenvalue weighted by molar-refractivity contribution is 7.07. The molecule has 0 bridgehead atoms. The summed E-state index contributed by atoms with van der Waals surface area (Å²) in [6.07, 6.45) is -3.11. The van der Waals surface area contributed by atoms with Crippen LogP contribution in [0.3, 0.4) is 0 Å². The van der Waals surface area contributed by atoms with Gasteiger partial charge >= 0.3 is 12.1 Å². The summed E-state index contributed by atoms with van der Waals surface area (Å²) in [5.74, 6) is -0.823. The zero-order chi connectivity index (χ0) is 20.9. The van der Waals surface area contributed by atoms with Crippen LogP contribution in [0.2, 0.25) is 0 Å². The van der Waals surface area contributed by atoms with Crippen molar-refractivity contribution in [2.45, 2.75) is 26.6 Å². The van der Waals surface area contributed by atoms with Crippen molar-refractivity contribution in [1.29, 1.82) is 5.26 Å². The molecule has 0 aliphatic rings. The third kappa shape index (κ3) is 4.61. The van der Waals surface area contributed by atoms with E-state index in [2.05, 4.69) is 5.32 Å². The van der Waals surface area contributed by atoms with Crippen molar-refractivity contribution in [2.75, 3.05) is 11.9 Å². The molecular weight excluding hydrogens is 395 g/mol. The number of esters is 1. The van der Waals surface area contributed by atoms with Crippen LogP contribution in [0.4, 0.5) is 18.9 Å². The van der Waals surface area contributed by atoms with Crippen LogP contribution in [0.25, 0.3) is 11.8 Å². The average Bonchev–Trinajstić information content (AvgIpc) is 2.96. The van der Waals surface area contributed by atoms with E-state index < -0.39 is 23.3 Å². The van der Waals surface area contributed by atoms with Crippen LogP contribution in [0, 0.1) is 11.3 Å². The van der Waals surface area contributed by atoms with Crippen molar-refractivity contribution in [3.8, 4) is 6.07 Å². The molecule has 148 valence electrons. The second-order valence-corrected chi connectivity index (χ2v) is 6.42. The van der Waals surface area contributed by atoms with Gasteiger partial charge in [0.2, 0.25) is 0 Å². The summed E-state index contributed by atoms with van der Waals surface area (Å²) in [4.78, 5) is 24.5. The predicted octanol–water partition coefficient (Wildman–Crippen LogP) is 2.04. The summed E-state index contributed by atoms with van der Waals surface area (Å²) < 4.78 is 44.3. The molecule has 2 rings (SSSR count). The third-order valence-electron chi connectivity index (χ3n) is 3.61. The monoisotopic (exact) mass is 411 g/mol. The summed E-state index contributed by atoms with van der Waals surface area (Å²) in [5, 5.41) is 12.0. The molecule has 1 heterocycles. The molecule has 0 fully saturated rings. The Balaban J connectivity index is 2.48. The fourth-order valence-corrected chi connectivity index (χ4v) is 3.36. The van der Waals surface area contributed by atoms with E-state index in [-0.39, 0.29) is 27.9 Å². The topological polar surface area (TPSA) is 84.1 Å². The molecule has 0 unspecified atom stereocenters. The highest BCUT2D eigenvalue weighted by Gasteiger charge is 2.29. The molecule has 0 aliphatic heterocycles. The van der Waals surface area contributed by atoms with Gasteiger partial charge in [-0.3, -0.25) is 9.36 Å². The first-order valence-electron chi connectivity index (χ1n) is 8.18. The molecular formula is C18H16F3N3O3S. The van der Waals surface area contributed by atoms with Gasteiger partial charge < -0.3 is 10.1 Å². The van der Waals surface area contributed by atoms with Gasteiger partial charge in [0.1, 0.15) is 15.3 Å². The smallest absolute Gasteiger partial charge is 0.416 e. The van der Waals surface area contributed by atoms with Gasteiger partial charge in [0, 0.05) is 18.4 Å². The largest absolute Gasteiger partial charge is 0.462 e. The Morgan fingerprint density at radius 3 is 2.46 bits per heavy atom. The van der Waals surface area contributed by atoms with Crippen molar-refractivity contribution in [1.82, 2.24) is 4.57 Å². The minimum atomic E-state index is -4.43. The predicted molar refractivity (Wildman–Crippen MR) is 98.7 cm³/mol. The first-order valence-corrected chi connectivity index (χ1v) is 8.99. The van der Waals surface area contributed by atoms with E-state index in [0.29, 0.717) is 5.69 Å². The van der Waals surface area contributed by atoms with E-state index in [9.17, 15) is 28.0 Å². The number of aromatic nitrogens is 1. The molecule has 1 aromatic heterocycles. The number of nitriles is 1. The minimum Gasteiger partial charge on any atom is -0.462 e. The normalized spacial score (nSPS) is 13.1. The summed E-state index contributed by atoms with van der Waals surface area (Å²) >= 11 is 0.916. The number of rotatable bonds is 5. The SMILES string of the molecule is CCOC(=O)/C(C#N)=c1\s/c(=C/Nc2ccc(C(F)(F)F)cc2)c(=O)n1CC. The van der Waals surface area contributed by atoms with Gasteiger partial charge in [0.15, 0.2) is 5.57 Å². The van der Waals surface area contributed by atoms with Gasteiger partial charge in [-0.1, -0.05) is 0 Å². The Morgan fingerprint density at radius 1 is 1.32 bits per heavy atom. The molecule has 0 saturated heterocycles. The number of halogens is 3. The summed E-state index contributed by atoms with van der Waals surface area (Å²) in [6.45, 7) is 3.59. The molecule has 0 saturated carbocycles. The number of hydrogen-bond donors (Lipinski definition) is 1. The summed E-state index contributed by atoms with van der Waals surface area (Å²) in [5.41, 5.74) is -1.15. The van der Waals surface area contributed by atoms with Crippen LogP contribution in [0.5, 0.6) is 0 Å². The van der Waals surface area contributed by atoms with Gasteiger partial charge in [0.05, 0.1) is 12.2 Å². The molecule has 2 aromatic rings. The number of thiazole rings is 1. The van der Waals surface area contributed by atoms with E-state index in [0.717, 1.165) is 23.5 Å². The van der Waals surface area contributed by atoms with Crippen molar-refractivity contribution < 1.29 is 22.7 Å². The second kappa shape index (κ2) is 8.75. The lowest BCUT2D eigenvalue weighted by molar-refractivity contribution is -0.138. The maximum Gasteiger partial charge on any atom is 0.416 e. The zero-order valence-corrected chi connectivity index (χ0v) is 15.8. The van der Waals surface area contributed by atoms with Crippen molar-refractivity contribution in [2.24, 2.45) is 0 Å². The summed E-state index contributed by atoms with van der Waals surface area (Å²) in [6, 6.07) is 6.07. The molecule has 10 heteroatoms. The van der Waals surface area contributed by atoms with Crippen LogP contribution in [0.1, 0.15) is 19.4 Å². The van der Waals surface area contributed by atoms with Gasteiger partial charge in [-0.05, 0) is 38.1 Å². The first-order chi connectivity index (χ1) is 13.2. The molecule has 0 radical (unpaired) electrons. The molecule has 0 spiro atoms. The lowest BCUT2D eigenvalue weighted by Crippen LogP contribution is -2.32. The Kier molecular flexibility index (Phi) is 6.64. The zero-order valence-electron chi connectivity index (χ0n) is 15.0. The molecule has 1 N–H and O–H groups in total. The van der Waals surface area contributed by atoms with E-state index in [1.807, 2.05) is 0 Å². The van der Waals surface area contributed by atoms with Gasteiger partial charge in [-0.15, -0.1) is 11.3 Å². The first kappa shape index (κ1) is 21.2. The highest BCUT2D eigenvalue weighted by atomic mass is 32.1. The Morgan fingerprint density at radius 2 is 1.96 bits per heavy atom. The van der Waals surface area contributed by atoms with E-state index >= 15 is 0 Å². The standard InChI is InChI=1S/C18H16F3N3O3S/c1-3-24-15(25)14(28-16(24)13(9-22)17(26)27-4-2)10-23-12-7-5-11(6-8-12)18(19,20)21/h5-8,10,23H,3-4H2,1-2H3/b14-10+,16-13-. The van der Waals surface area contributed by atoms with E-state index in [1.165, 1.54) is 22.9 Å². The highest BCUT2D eigenvalue weighted by Crippen LogP contribution is 2.29. The summed E-state index contributed by atoms with van der Waals surface area (Å²) in [7, 11) is 0. The fraction of sp³-hybridized carbons (Fsp3) is 0.278. The van der Waals surface area contributed by atoms with Crippen molar-refractivity contribution >= 4 is 34.8 Å². The van der Waals surface area contributed by atoms with Crippen molar-refractivity contribution in [3.05, 3.63) is 49.4 Å². The molecule has 0 atom stereocenters. The number of ether oxygens (including phenoxy) is 1. The molecule has 1 aromatic carbocycles. The van der Waals surface area contributed by atoms with Gasteiger partial charge in [-0.25, -0.2) is 4.79 Å². The molecule has 28 heavy (non-hydrogen) atoms. The number of carbonyl (C=O) groups is 1. The number of carbonyl (C=O) groups excluding carboxylic acids is 1. The van der Waals surface area contributed by atoms with E-state index in [4.69, 9.17) is 4.74 Å². The van der Waals surface area contributed by atoms with Crippen LogP contribution in [-0.4, -0.2) is 17.1 Å². The number of hydrogen-bond acceptors (Lipinski definition) is 6. The van der Waals surface area contributed by atoms with Crippen LogP contribution in [0.15, 0.2) is 29.1 Å². The van der Waals surface area contributed by atoms with Crippen LogP contribution >= 0.6 is 11.3 Å². The molecule has 0 aliphatic carbocycles. The van der Waals surface area contributed by atoms with E-state index in [1.54, 1.807) is 19.9 Å². The molecule has 0 amide bonds. The number of anilines is 1. The van der Waals surface area contributed by atoms with Gasteiger partial charge in [-0.2, -0.15) is 18.4 Å². The maximum atomic E-state index is 12.6. The Bertz CT molecular complexity index is 1080. The lowest BCUT2D eigenvalue weighted by Gasteiger charge is -2.07. The van der Waals surface area contributed by atoms with Crippen LogP contribution in [-0.2, 0) is 22.3 Å². The number of benzene rings is 1. The quantitative estimate of drug-likeness (QED) is 0.762. The minimum absolute atomic E-state index is 0.0835. The van der Waals surface area contributed by atoms with Crippen molar-refractivity contribution in [3.63, 3.8) is 0 Å². The average molecular weight is 411 g/mol. The van der Waals surface area contributed by atoms with Gasteiger partial charge in [0.25, 0.3) is 5.56 Å². The lowest BCUT2D eigenvalue weighted by atomic mass is 10.2. The van der Waals surface area contributed by atoms with Crippen LogP contribution < -0.4 is 20.1 Å². The molecule has 6 nitrogen and oxygen atoms in total. The fourth-order valence-electron chi connectivity index (χ4n) is 2.28. The number of alkyl halides is 3. The number of nitrogens with one attached hydrogen (secondary N) is 1.